The lowest BCUT2D eigenvalue weighted by molar-refractivity contribution is -0.159. The molecule has 0 rings (SSSR count). The predicted octanol–water partition coefficient (Wildman–Crippen LogP) is 2.29. The zero-order chi connectivity index (χ0) is 24.9. The molecule has 0 aromatic heterocycles. The van der Waals surface area contributed by atoms with Gasteiger partial charge in [0, 0.05) is 13.3 Å². The van der Waals surface area contributed by atoms with E-state index in [9.17, 15) is 24.9 Å². The fourth-order valence-electron chi connectivity index (χ4n) is 2.48. The van der Waals surface area contributed by atoms with E-state index in [1.165, 1.54) is 13.0 Å². The minimum absolute atomic E-state index is 0.0213. The van der Waals surface area contributed by atoms with Crippen molar-refractivity contribution in [1.82, 2.24) is 0 Å². The standard InChI is InChI=1S/C25H38O8/c1-3-4-9-13-21(28)14-10-7-5-6-8-11-15-23(29)24(30)16-12-17-25(31)32-19-22(18-26)33-20(2)27/h4-11,14-15,21-24,26,28-30H,3,12-13,16-19H2,1-2H3/b7-5+,8-6-,9-4-,14-10+,15-11-/t21-,22+,23+,24+/m1/s1. The molecule has 4 atom stereocenters. The van der Waals surface area contributed by atoms with E-state index < -0.39 is 43.0 Å². The van der Waals surface area contributed by atoms with E-state index in [0.717, 1.165) is 6.42 Å². The summed E-state index contributed by atoms with van der Waals surface area (Å²) in [5.74, 6) is -1.13. The lowest BCUT2D eigenvalue weighted by Crippen LogP contribution is -2.27. The Morgan fingerprint density at radius 1 is 0.939 bits per heavy atom. The Labute approximate surface area is 196 Å². The highest BCUT2D eigenvalue weighted by molar-refractivity contribution is 5.69. The Hall–Kier alpha value is -2.52. The molecule has 0 fully saturated rings. The van der Waals surface area contributed by atoms with Gasteiger partial charge < -0.3 is 29.9 Å². The quantitative estimate of drug-likeness (QED) is 0.146. The van der Waals surface area contributed by atoms with Gasteiger partial charge in [0.15, 0.2) is 6.10 Å². The predicted molar refractivity (Wildman–Crippen MR) is 126 cm³/mol. The highest BCUT2D eigenvalue weighted by Gasteiger charge is 2.16. The van der Waals surface area contributed by atoms with Gasteiger partial charge in [-0.2, -0.15) is 0 Å². The van der Waals surface area contributed by atoms with Crippen molar-refractivity contribution in [2.75, 3.05) is 13.2 Å². The molecule has 0 saturated heterocycles. The number of hydrogen-bond acceptors (Lipinski definition) is 8. The molecule has 8 heteroatoms. The molecule has 0 radical (unpaired) electrons. The van der Waals surface area contributed by atoms with Crippen LogP contribution in [-0.4, -0.2) is 70.0 Å². The van der Waals surface area contributed by atoms with Crippen molar-refractivity contribution in [1.29, 1.82) is 0 Å². The summed E-state index contributed by atoms with van der Waals surface area (Å²) in [6.07, 6.45) is 15.9. The van der Waals surface area contributed by atoms with Crippen LogP contribution in [0.2, 0.25) is 0 Å². The maximum atomic E-state index is 11.7. The van der Waals surface area contributed by atoms with Crippen LogP contribution in [-0.2, 0) is 19.1 Å². The topological polar surface area (TPSA) is 134 Å². The normalized spacial score (nSPS) is 16.2. The number of aliphatic hydroxyl groups excluding tert-OH is 4. The smallest absolute Gasteiger partial charge is 0.305 e. The fourth-order valence-corrected chi connectivity index (χ4v) is 2.48. The van der Waals surface area contributed by atoms with Gasteiger partial charge in [0.2, 0.25) is 0 Å². The summed E-state index contributed by atoms with van der Waals surface area (Å²) in [5.41, 5.74) is 0. The maximum Gasteiger partial charge on any atom is 0.305 e. The highest BCUT2D eigenvalue weighted by atomic mass is 16.6. The van der Waals surface area contributed by atoms with E-state index in [-0.39, 0.29) is 19.4 Å². The molecule has 33 heavy (non-hydrogen) atoms. The second-order valence-corrected chi connectivity index (χ2v) is 7.27. The van der Waals surface area contributed by atoms with Crippen molar-refractivity contribution in [3.05, 3.63) is 60.8 Å². The Bertz CT molecular complexity index is 678. The Kier molecular flexibility index (Phi) is 18.6. The van der Waals surface area contributed by atoms with Crippen molar-refractivity contribution in [2.45, 2.75) is 70.4 Å². The van der Waals surface area contributed by atoms with Gasteiger partial charge >= 0.3 is 11.9 Å². The second-order valence-electron chi connectivity index (χ2n) is 7.27. The van der Waals surface area contributed by atoms with Crippen LogP contribution in [0, 0.1) is 0 Å². The van der Waals surface area contributed by atoms with Crippen LogP contribution in [0.3, 0.4) is 0 Å². The maximum absolute atomic E-state index is 11.7. The summed E-state index contributed by atoms with van der Waals surface area (Å²) in [6, 6.07) is 0. The van der Waals surface area contributed by atoms with E-state index in [1.807, 2.05) is 19.1 Å². The van der Waals surface area contributed by atoms with Crippen LogP contribution in [0.15, 0.2) is 60.8 Å². The lowest BCUT2D eigenvalue weighted by Gasteiger charge is -2.15. The van der Waals surface area contributed by atoms with Crippen molar-refractivity contribution in [3.8, 4) is 0 Å². The molecule has 8 nitrogen and oxygen atoms in total. The van der Waals surface area contributed by atoms with Crippen LogP contribution in [0.25, 0.3) is 0 Å². The van der Waals surface area contributed by atoms with Gasteiger partial charge in [-0.05, 0) is 25.7 Å². The molecule has 0 heterocycles. The fraction of sp³-hybridized carbons (Fsp3) is 0.520. The van der Waals surface area contributed by atoms with Gasteiger partial charge in [0.05, 0.1) is 24.9 Å². The van der Waals surface area contributed by atoms with Crippen LogP contribution >= 0.6 is 0 Å². The van der Waals surface area contributed by atoms with E-state index in [2.05, 4.69) is 0 Å². The largest absolute Gasteiger partial charge is 0.462 e. The lowest BCUT2D eigenvalue weighted by atomic mass is 10.1. The monoisotopic (exact) mass is 466 g/mol. The van der Waals surface area contributed by atoms with Gasteiger partial charge in [-0.1, -0.05) is 67.7 Å². The molecule has 0 unspecified atom stereocenters. The third-order valence-electron chi connectivity index (χ3n) is 4.22. The van der Waals surface area contributed by atoms with Crippen molar-refractivity contribution < 1.29 is 39.5 Å². The first-order valence-electron chi connectivity index (χ1n) is 11.1. The summed E-state index contributed by atoms with van der Waals surface area (Å²) in [5, 5.41) is 38.6. The Balaban J connectivity index is 4.11. The summed E-state index contributed by atoms with van der Waals surface area (Å²) in [7, 11) is 0. The number of rotatable bonds is 17. The molecule has 0 aliphatic rings. The van der Waals surface area contributed by atoms with Crippen molar-refractivity contribution >= 4 is 11.9 Å². The molecule has 0 aliphatic carbocycles. The second kappa shape index (κ2) is 20.1. The molecule has 0 aliphatic heterocycles. The average Bonchev–Trinajstić information content (AvgIpc) is 2.77. The van der Waals surface area contributed by atoms with Crippen LogP contribution in [0.1, 0.15) is 46.0 Å². The van der Waals surface area contributed by atoms with Crippen LogP contribution in [0.5, 0.6) is 0 Å². The van der Waals surface area contributed by atoms with Gasteiger partial charge in [-0.15, -0.1) is 0 Å². The first kappa shape index (κ1) is 30.5. The van der Waals surface area contributed by atoms with Gasteiger partial charge in [-0.3, -0.25) is 9.59 Å². The number of carbonyl (C=O) groups excluding carboxylic acids is 2. The number of hydrogen-bond donors (Lipinski definition) is 4. The minimum Gasteiger partial charge on any atom is -0.462 e. The molecular weight excluding hydrogens is 428 g/mol. The first-order valence-corrected chi connectivity index (χ1v) is 11.1. The van der Waals surface area contributed by atoms with Crippen LogP contribution in [0.4, 0.5) is 0 Å². The number of ether oxygens (including phenoxy) is 2. The zero-order valence-corrected chi connectivity index (χ0v) is 19.5. The van der Waals surface area contributed by atoms with Crippen molar-refractivity contribution in [3.63, 3.8) is 0 Å². The summed E-state index contributed by atoms with van der Waals surface area (Å²) >= 11 is 0. The molecule has 0 saturated carbocycles. The highest BCUT2D eigenvalue weighted by Crippen LogP contribution is 2.08. The van der Waals surface area contributed by atoms with Crippen molar-refractivity contribution in [2.24, 2.45) is 0 Å². The molecule has 0 bridgehead atoms. The van der Waals surface area contributed by atoms with E-state index in [0.29, 0.717) is 12.8 Å². The van der Waals surface area contributed by atoms with Gasteiger partial charge in [0.25, 0.3) is 0 Å². The Morgan fingerprint density at radius 3 is 2.18 bits per heavy atom. The summed E-state index contributed by atoms with van der Waals surface area (Å²) in [6.45, 7) is 2.53. The number of allylic oxidation sites excluding steroid dienone is 7. The summed E-state index contributed by atoms with van der Waals surface area (Å²) in [4.78, 5) is 22.5. The third-order valence-corrected chi connectivity index (χ3v) is 4.22. The number of esters is 2. The molecule has 0 spiro atoms. The molecular formula is C25H38O8. The minimum atomic E-state index is -1.08. The molecule has 4 N–H and O–H groups in total. The van der Waals surface area contributed by atoms with Crippen LogP contribution < -0.4 is 0 Å². The van der Waals surface area contributed by atoms with Gasteiger partial charge in [-0.25, -0.2) is 0 Å². The SMILES string of the molecule is CC/C=C\C[C@@H](O)/C=C/C=C/C=C\C=C/[C@H](O)[C@@H](O)CCCC(=O)OC[C@H](CO)OC(C)=O. The molecule has 0 amide bonds. The molecule has 0 aromatic carbocycles. The molecule has 0 aromatic rings. The number of carbonyl (C=O) groups is 2. The third kappa shape index (κ3) is 18.7. The Morgan fingerprint density at radius 2 is 1.58 bits per heavy atom. The number of aliphatic hydroxyl groups is 4. The summed E-state index contributed by atoms with van der Waals surface area (Å²) < 4.78 is 9.67. The van der Waals surface area contributed by atoms with E-state index in [1.54, 1.807) is 42.5 Å². The zero-order valence-electron chi connectivity index (χ0n) is 19.5. The average molecular weight is 467 g/mol. The first-order chi connectivity index (χ1) is 15.8. The van der Waals surface area contributed by atoms with E-state index in [4.69, 9.17) is 14.6 Å². The molecule has 186 valence electrons. The van der Waals surface area contributed by atoms with Gasteiger partial charge in [0.1, 0.15) is 6.61 Å². The van der Waals surface area contributed by atoms with E-state index >= 15 is 0 Å².